The Morgan fingerprint density at radius 1 is 1.36 bits per heavy atom. The first kappa shape index (κ1) is 8.04. The van der Waals surface area contributed by atoms with Gasteiger partial charge in [0, 0.05) is 12.2 Å². The highest BCUT2D eigenvalue weighted by Gasteiger charge is 1.90. The summed E-state index contributed by atoms with van der Waals surface area (Å²) in [6, 6.07) is 7.22. The second-order valence-corrected chi connectivity index (χ2v) is 2.37. The first-order valence-corrected chi connectivity index (χ1v) is 3.44. The minimum Gasteiger partial charge on any atom is -0.758 e. The van der Waals surface area contributed by atoms with Crippen molar-refractivity contribution in [1.29, 1.82) is 0 Å². The molecule has 0 atom stereocenters. The van der Waals surface area contributed by atoms with Gasteiger partial charge in [-0.1, -0.05) is 12.1 Å². The maximum Gasteiger partial charge on any atom is 0.0257 e. The lowest BCUT2D eigenvalue weighted by atomic mass is 10.2. The summed E-state index contributed by atoms with van der Waals surface area (Å²) in [5.74, 6) is 0. The van der Waals surface area contributed by atoms with E-state index >= 15 is 0 Å². The normalized spacial score (nSPS) is 9.73. The smallest absolute Gasteiger partial charge is 0.0257 e. The lowest BCUT2D eigenvalue weighted by Crippen LogP contribution is -2.05. The molecule has 11 heavy (non-hydrogen) atoms. The maximum atomic E-state index is 10.7. The molecule has 0 saturated heterocycles. The number of hydrogen-bond acceptors (Lipinski definition) is 3. The van der Waals surface area contributed by atoms with E-state index < -0.39 is 0 Å². The molecule has 1 aromatic rings. The van der Waals surface area contributed by atoms with Crippen molar-refractivity contribution in [2.75, 3.05) is 12.1 Å². The highest BCUT2D eigenvalue weighted by molar-refractivity contribution is 5.47. The predicted octanol–water partition coefficient (Wildman–Crippen LogP) is 1.08. The Bertz CT molecular complexity index is 218. The van der Waals surface area contributed by atoms with E-state index in [0.717, 1.165) is 10.6 Å². The van der Waals surface area contributed by atoms with E-state index in [9.17, 15) is 5.21 Å². The average Bonchev–Trinajstić information content (AvgIpc) is 2.05. The van der Waals surface area contributed by atoms with E-state index in [0.29, 0.717) is 12.2 Å². The fraction of sp³-hybridized carbons (Fsp3) is 0.250. The molecule has 1 rings (SSSR count). The van der Waals surface area contributed by atoms with Gasteiger partial charge in [-0.15, -0.1) is 0 Å². The Labute approximate surface area is 66.0 Å². The lowest BCUT2D eigenvalue weighted by molar-refractivity contribution is 1.07. The molecule has 0 aliphatic carbocycles. The van der Waals surface area contributed by atoms with Crippen LogP contribution >= 0.6 is 0 Å². The summed E-state index contributed by atoms with van der Waals surface area (Å²) < 4.78 is 0. The first-order chi connectivity index (χ1) is 5.24. The van der Waals surface area contributed by atoms with E-state index in [-0.39, 0.29) is 0 Å². The zero-order chi connectivity index (χ0) is 8.27. The Morgan fingerprint density at radius 3 is 2.27 bits per heavy atom. The lowest BCUT2D eigenvalue weighted by Gasteiger charge is -2.24. The number of nitrogens with two attached hydrogens (primary N) is 1. The molecule has 0 bridgehead atoms. The maximum absolute atomic E-state index is 10.7. The van der Waals surface area contributed by atoms with Gasteiger partial charge in [0.25, 0.3) is 0 Å². The van der Waals surface area contributed by atoms with Crippen LogP contribution in [0.1, 0.15) is 5.56 Å². The summed E-state index contributed by atoms with van der Waals surface area (Å²) in [5.41, 5.74) is 7.08. The van der Waals surface area contributed by atoms with E-state index in [1.165, 1.54) is 7.05 Å². The molecule has 0 radical (unpaired) electrons. The summed E-state index contributed by atoms with van der Waals surface area (Å²) in [5, 5.41) is 11.6. The molecular formula is C8H11N2O-. The van der Waals surface area contributed by atoms with Gasteiger partial charge in [-0.25, -0.2) is 0 Å². The quantitative estimate of drug-likeness (QED) is 0.643. The summed E-state index contributed by atoms with van der Waals surface area (Å²) in [6.45, 7) is 0.517. The number of hydrogen-bond donors (Lipinski definition) is 1. The highest BCUT2D eigenvalue weighted by atomic mass is 16.5. The molecule has 2 N–H and O–H groups in total. The number of hydroxylamine groups is 1. The summed E-state index contributed by atoms with van der Waals surface area (Å²) in [4.78, 5) is 0. The first-order valence-electron chi connectivity index (χ1n) is 3.44. The van der Waals surface area contributed by atoms with Crippen molar-refractivity contribution in [2.24, 2.45) is 5.73 Å². The van der Waals surface area contributed by atoms with Gasteiger partial charge in [-0.05, 0) is 24.7 Å². The Morgan fingerprint density at radius 2 is 1.91 bits per heavy atom. The molecule has 0 aliphatic rings. The predicted molar refractivity (Wildman–Crippen MR) is 46.1 cm³/mol. The van der Waals surface area contributed by atoms with Gasteiger partial charge < -0.3 is 16.0 Å². The molecule has 60 valence electrons. The minimum absolute atomic E-state index is 0.517. The van der Waals surface area contributed by atoms with Crippen molar-refractivity contribution < 1.29 is 0 Å². The Kier molecular flexibility index (Phi) is 2.46. The second kappa shape index (κ2) is 3.37. The van der Waals surface area contributed by atoms with Gasteiger partial charge >= 0.3 is 0 Å². The van der Waals surface area contributed by atoms with Crippen LogP contribution in [-0.4, -0.2) is 7.05 Å². The number of rotatable bonds is 2. The van der Waals surface area contributed by atoms with Gasteiger partial charge in [0.15, 0.2) is 0 Å². The van der Waals surface area contributed by atoms with Crippen LogP contribution < -0.4 is 10.8 Å². The van der Waals surface area contributed by atoms with Crippen molar-refractivity contribution in [3.05, 3.63) is 35.0 Å². The molecule has 0 saturated carbocycles. The molecule has 0 spiro atoms. The summed E-state index contributed by atoms with van der Waals surface area (Å²) >= 11 is 0. The number of nitrogens with zero attached hydrogens (tertiary/aromatic N) is 1. The molecule has 3 heteroatoms. The Balaban J connectivity index is 2.83. The van der Waals surface area contributed by atoms with Crippen LogP contribution in [0.15, 0.2) is 24.3 Å². The fourth-order valence-electron chi connectivity index (χ4n) is 0.842. The van der Waals surface area contributed by atoms with Crippen molar-refractivity contribution >= 4 is 5.69 Å². The van der Waals surface area contributed by atoms with Crippen LogP contribution in [0.3, 0.4) is 0 Å². The topological polar surface area (TPSA) is 52.3 Å². The molecule has 0 aliphatic heterocycles. The summed E-state index contributed by atoms with van der Waals surface area (Å²) in [7, 11) is 1.47. The van der Waals surface area contributed by atoms with Crippen LogP contribution in [0.5, 0.6) is 0 Å². The van der Waals surface area contributed by atoms with Crippen LogP contribution in [0.2, 0.25) is 0 Å². The number of benzene rings is 1. The molecule has 0 aromatic heterocycles. The molecule has 0 fully saturated rings. The molecule has 0 heterocycles. The highest BCUT2D eigenvalue weighted by Crippen LogP contribution is 2.11. The third kappa shape index (κ3) is 1.93. The molecular weight excluding hydrogens is 140 g/mol. The van der Waals surface area contributed by atoms with Crippen LogP contribution in [0, 0.1) is 5.21 Å². The monoisotopic (exact) mass is 151 g/mol. The zero-order valence-corrected chi connectivity index (χ0v) is 6.45. The van der Waals surface area contributed by atoms with Crippen LogP contribution in [0.4, 0.5) is 5.69 Å². The number of anilines is 1. The Hall–Kier alpha value is -1.06. The van der Waals surface area contributed by atoms with Gasteiger partial charge in [0.2, 0.25) is 0 Å². The van der Waals surface area contributed by atoms with Gasteiger partial charge in [0.1, 0.15) is 0 Å². The van der Waals surface area contributed by atoms with Crippen molar-refractivity contribution in [3.63, 3.8) is 0 Å². The molecule has 0 unspecified atom stereocenters. The zero-order valence-electron chi connectivity index (χ0n) is 6.45. The fourth-order valence-corrected chi connectivity index (χ4v) is 0.842. The van der Waals surface area contributed by atoms with Crippen LogP contribution in [0.25, 0.3) is 0 Å². The van der Waals surface area contributed by atoms with Gasteiger partial charge in [-0.3, -0.25) is 0 Å². The van der Waals surface area contributed by atoms with E-state index in [2.05, 4.69) is 0 Å². The van der Waals surface area contributed by atoms with Crippen LogP contribution in [-0.2, 0) is 6.54 Å². The van der Waals surface area contributed by atoms with Crippen molar-refractivity contribution in [3.8, 4) is 0 Å². The van der Waals surface area contributed by atoms with E-state index in [4.69, 9.17) is 5.73 Å². The second-order valence-electron chi connectivity index (χ2n) is 2.37. The molecule has 0 amide bonds. The average molecular weight is 151 g/mol. The van der Waals surface area contributed by atoms with E-state index in [1.54, 1.807) is 12.1 Å². The third-order valence-electron chi connectivity index (χ3n) is 1.54. The van der Waals surface area contributed by atoms with E-state index in [1.807, 2.05) is 12.1 Å². The van der Waals surface area contributed by atoms with Crippen molar-refractivity contribution in [2.45, 2.75) is 6.54 Å². The van der Waals surface area contributed by atoms with Gasteiger partial charge in [-0.2, -0.15) is 0 Å². The largest absolute Gasteiger partial charge is 0.758 e. The SMILES string of the molecule is CN([O-])c1ccc(CN)cc1. The van der Waals surface area contributed by atoms with Crippen molar-refractivity contribution in [1.82, 2.24) is 0 Å². The minimum atomic E-state index is 0.517. The summed E-state index contributed by atoms with van der Waals surface area (Å²) in [6.07, 6.45) is 0. The third-order valence-corrected chi connectivity index (χ3v) is 1.54. The molecule has 3 nitrogen and oxygen atoms in total. The standard InChI is InChI=1S/C8H11N2O/c1-10(11)8-4-2-7(6-9)3-5-8/h2-5H,6,9H2,1H3/q-1. The molecule has 1 aromatic carbocycles. The van der Waals surface area contributed by atoms with Gasteiger partial charge in [0.05, 0.1) is 0 Å².